The fourth-order valence-electron chi connectivity index (χ4n) is 2.92. The average molecular weight is 461 g/mol. The third-order valence-electron chi connectivity index (χ3n) is 4.33. The van der Waals surface area contributed by atoms with Gasteiger partial charge in [0.25, 0.3) is 0 Å². The van der Waals surface area contributed by atoms with E-state index in [2.05, 4.69) is 15.5 Å². The Labute approximate surface area is 189 Å². The quantitative estimate of drug-likeness (QED) is 0.375. The molecule has 1 atom stereocenters. The molecule has 0 saturated carbocycles. The molecule has 0 fully saturated rings. The van der Waals surface area contributed by atoms with Gasteiger partial charge in [0.15, 0.2) is 17.1 Å². The number of hydrogen-bond donors (Lipinski definition) is 1. The molecule has 2 aromatic heterocycles. The topological polar surface area (TPSA) is 95.3 Å². The van der Waals surface area contributed by atoms with Crippen LogP contribution in [-0.2, 0) is 16.1 Å². The molecule has 2 heterocycles. The first kappa shape index (κ1) is 22.8. The highest BCUT2D eigenvalue weighted by molar-refractivity contribution is 7.99. The third-order valence-corrected chi connectivity index (χ3v) is 6.26. The largest absolute Gasteiger partial charge is 0.483 e. The predicted octanol–water partition coefficient (Wildman–Crippen LogP) is 4.33. The van der Waals surface area contributed by atoms with Crippen molar-refractivity contribution < 1.29 is 19.1 Å². The lowest BCUT2D eigenvalue weighted by Gasteiger charge is -2.15. The summed E-state index contributed by atoms with van der Waals surface area (Å²) in [5, 5.41) is 12.4. The normalized spacial score (nSPS) is 11.7. The van der Waals surface area contributed by atoms with E-state index in [4.69, 9.17) is 9.47 Å². The number of thioether (sulfide) groups is 1. The molecule has 1 aromatic carbocycles. The molecule has 0 saturated heterocycles. The summed E-state index contributed by atoms with van der Waals surface area (Å²) in [6, 6.07) is 11.2. The van der Waals surface area contributed by atoms with Gasteiger partial charge in [0.1, 0.15) is 10.8 Å². The minimum absolute atomic E-state index is 0.129. The molecule has 0 bridgehead atoms. The number of methoxy groups -OCH3 is 1. The molecule has 31 heavy (non-hydrogen) atoms. The van der Waals surface area contributed by atoms with Crippen molar-refractivity contribution in [3.05, 3.63) is 52.7 Å². The lowest BCUT2D eigenvalue weighted by atomic mass is 10.3. The van der Waals surface area contributed by atoms with Gasteiger partial charge in [0, 0.05) is 11.4 Å². The maximum atomic E-state index is 12.5. The van der Waals surface area contributed by atoms with Crippen LogP contribution in [0, 0.1) is 6.92 Å². The van der Waals surface area contributed by atoms with Crippen LogP contribution in [0.3, 0.4) is 0 Å². The van der Waals surface area contributed by atoms with Gasteiger partial charge in [-0.2, -0.15) is 0 Å². The first-order valence-corrected chi connectivity index (χ1v) is 11.5. The molecule has 8 nitrogen and oxygen atoms in total. The summed E-state index contributed by atoms with van der Waals surface area (Å²) >= 11 is 2.61. The van der Waals surface area contributed by atoms with E-state index >= 15 is 0 Å². The summed E-state index contributed by atoms with van der Waals surface area (Å²) < 4.78 is 12.7. The number of esters is 1. The molecule has 1 unspecified atom stereocenters. The Hall–Kier alpha value is -2.85. The Kier molecular flexibility index (Phi) is 7.69. The molecule has 3 rings (SSSR count). The van der Waals surface area contributed by atoms with Crippen molar-refractivity contribution >= 4 is 40.0 Å². The lowest BCUT2D eigenvalue weighted by molar-refractivity contribution is -0.113. The Morgan fingerprint density at radius 1 is 1.26 bits per heavy atom. The van der Waals surface area contributed by atoms with Crippen LogP contribution in [0.15, 0.2) is 41.6 Å². The van der Waals surface area contributed by atoms with E-state index in [1.165, 1.54) is 30.2 Å². The predicted molar refractivity (Wildman–Crippen MR) is 121 cm³/mol. The molecule has 0 aliphatic carbocycles. The molecule has 3 aromatic rings. The number of ether oxygens (including phenoxy) is 2. The number of benzene rings is 1. The summed E-state index contributed by atoms with van der Waals surface area (Å²) in [6.07, 6.45) is -0.297. The number of aryl methyl sites for hydroxylation is 1. The van der Waals surface area contributed by atoms with Crippen LogP contribution < -0.4 is 10.1 Å². The van der Waals surface area contributed by atoms with E-state index in [9.17, 15) is 9.59 Å². The van der Waals surface area contributed by atoms with Crippen molar-refractivity contribution in [2.24, 2.45) is 0 Å². The summed E-state index contributed by atoms with van der Waals surface area (Å²) in [4.78, 5) is 25.3. The number of carbonyl (C=O) groups excluding carboxylic acids is 2. The van der Waals surface area contributed by atoms with E-state index in [1.54, 1.807) is 6.07 Å². The van der Waals surface area contributed by atoms with Crippen LogP contribution in [0.25, 0.3) is 0 Å². The standard InChI is InChI=1S/C21H24N4O4S2/c1-5-25-18(14(3)29-15-9-7-6-8-10-15)23-24-21(25)30-12-17(26)22-19-16(20(27)28-4)11-13(2)31-19/h6-11,14H,5,12H2,1-4H3,(H,22,26). The molecular weight excluding hydrogens is 436 g/mol. The SMILES string of the molecule is CCn1c(SCC(=O)Nc2sc(C)cc2C(=O)OC)nnc1C(C)Oc1ccccc1. The number of amides is 1. The Bertz CT molecular complexity index is 1050. The molecule has 0 aliphatic rings. The van der Waals surface area contributed by atoms with Crippen molar-refractivity contribution in [1.82, 2.24) is 14.8 Å². The molecule has 1 N–H and O–H groups in total. The highest BCUT2D eigenvalue weighted by Crippen LogP contribution is 2.29. The van der Waals surface area contributed by atoms with Crippen molar-refractivity contribution in [3.8, 4) is 5.75 Å². The van der Waals surface area contributed by atoms with Gasteiger partial charge in [-0.1, -0.05) is 30.0 Å². The number of aromatic nitrogens is 3. The van der Waals surface area contributed by atoms with Gasteiger partial charge in [-0.25, -0.2) is 4.79 Å². The molecule has 0 aliphatic heterocycles. The van der Waals surface area contributed by atoms with Crippen LogP contribution in [0.2, 0.25) is 0 Å². The number of hydrogen-bond acceptors (Lipinski definition) is 8. The van der Waals surface area contributed by atoms with Crippen molar-refractivity contribution in [2.75, 3.05) is 18.2 Å². The number of thiophene rings is 1. The third kappa shape index (κ3) is 5.65. The molecule has 1 amide bonds. The van der Waals surface area contributed by atoms with E-state index < -0.39 is 5.97 Å². The smallest absolute Gasteiger partial charge is 0.340 e. The average Bonchev–Trinajstić information content (AvgIpc) is 3.35. The molecular formula is C21H24N4O4S2. The second kappa shape index (κ2) is 10.5. The number of anilines is 1. The molecule has 0 radical (unpaired) electrons. The first-order valence-electron chi connectivity index (χ1n) is 9.69. The second-order valence-corrected chi connectivity index (χ2v) is 8.79. The van der Waals surface area contributed by atoms with E-state index in [0.717, 1.165) is 10.6 Å². The van der Waals surface area contributed by atoms with E-state index in [0.29, 0.717) is 28.1 Å². The second-order valence-electron chi connectivity index (χ2n) is 6.59. The van der Waals surface area contributed by atoms with Gasteiger partial charge in [0.2, 0.25) is 5.91 Å². The Morgan fingerprint density at radius 2 is 2.00 bits per heavy atom. The summed E-state index contributed by atoms with van der Waals surface area (Å²) in [6.45, 7) is 6.41. The van der Waals surface area contributed by atoms with E-state index in [-0.39, 0.29) is 17.8 Å². The Morgan fingerprint density at radius 3 is 2.68 bits per heavy atom. The molecule has 0 spiro atoms. The fourth-order valence-corrected chi connectivity index (χ4v) is 4.65. The van der Waals surface area contributed by atoms with Gasteiger partial charge in [-0.3, -0.25) is 4.79 Å². The number of nitrogens with one attached hydrogen (secondary N) is 1. The van der Waals surface area contributed by atoms with Crippen molar-refractivity contribution in [1.29, 1.82) is 0 Å². The maximum Gasteiger partial charge on any atom is 0.340 e. The van der Waals surface area contributed by atoms with Gasteiger partial charge in [-0.15, -0.1) is 21.5 Å². The van der Waals surface area contributed by atoms with Crippen molar-refractivity contribution in [3.63, 3.8) is 0 Å². The zero-order valence-corrected chi connectivity index (χ0v) is 19.4. The van der Waals surface area contributed by atoms with E-state index in [1.807, 2.05) is 55.7 Å². The van der Waals surface area contributed by atoms with Crippen LogP contribution in [-0.4, -0.2) is 39.5 Å². The van der Waals surface area contributed by atoms with Gasteiger partial charge in [-0.05, 0) is 39.0 Å². The van der Waals surface area contributed by atoms with Crippen LogP contribution in [0.4, 0.5) is 5.00 Å². The van der Waals surface area contributed by atoms with Gasteiger partial charge < -0.3 is 19.4 Å². The zero-order valence-electron chi connectivity index (χ0n) is 17.7. The number of rotatable bonds is 9. The van der Waals surface area contributed by atoms with Gasteiger partial charge in [0.05, 0.1) is 18.4 Å². The van der Waals surface area contributed by atoms with Crippen LogP contribution >= 0.6 is 23.1 Å². The number of para-hydroxylation sites is 1. The summed E-state index contributed by atoms with van der Waals surface area (Å²) in [5.41, 5.74) is 0.356. The van der Waals surface area contributed by atoms with Gasteiger partial charge >= 0.3 is 5.97 Å². The summed E-state index contributed by atoms with van der Waals surface area (Å²) in [5.74, 6) is 0.856. The highest BCUT2D eigenvalue weighted by Gasteiger charge is 2.21. The maximum absolute atomic E-state index is 12.5. The number of carbonyl (C=O) groups is 2. The van der Waals surface area contributed by atoms with Crippen LogP contribution in [0.5, 0.6) is 5.75 Å². The highest BCUT2D eigenvalue weighted by atomic mass is 32.2. The zero-order chi connectivity index (χ0) is 22.4. The van der Waals surface area contributed by atoms with Crippen LogP contribution in [0.1, 0.15) is 41.0 Å². The minimum atomic E-state index is -0.477. The lowest BCUT2D eigenvalue weighted by Crippen LogP contribution is -2.16. The Balaban J connectivity index is 1.64. The molecule has 164 valence electrons. The fraction of sp³-hybridized carbons (Fsp3) is 0.333. The molecule has 10 heteroatoms. The number of nitrogens with zero attached hydrogens (tertiary/aromatic N) is 3. The monoisotopic (exact) mass is 460 g/mol. The summed E-state index contributed by atoms with van der Waals surface area (Å²) in [7, 11) is 1.31. The minimum Gasteiger partial charge on any atom is -0.483 e. The van der Waals surface area contributed by atoms with Crippen molar-refractivity contribution in [2.45, 2.75) is 38.6 Å². The first-order chi connectivity index (χ1) is 14.9.